The molecule has 25 heavy (non-hydrogen) atoms. The van der Waals surface area contributed by atoms with Crippen LogP contribution < -0.4 is 9.92 Å². The molecule has 3 aromatic carbocycles. The number of ether oxygens (including phenoxy) is 2. The van der Waals surface area contributed by atoms with Crippen molar-refractivity contribution in [3.05, 3.63) is 89.5 Å². The molecule has 0 atom stereocenters. The van der Waals surface area contributed by atoms with Crippen LogP contribution in [0, 0.1) is 13.8 Å². The minimum Gasteiger partial charge on any atom is -0.457 e. The minimum atomic E-state index is -0.388. The Labute approximate surface area is 152 Å². The maximum atomic E-state index is 5.93. The minimum absolute atomic E-state index is 0.388. The van der Waals surface area contributed by atoms with E-state index in [-0.39, 0.29) is 9.52 Å². The summed E-state index contributed by atoms with van der Waals surface area (Å²) in [6.45, 7) is 5.01. The summed E-state index contributed by atoms with van der Waals surface area (Å²) in [6, 6.07) is 24.5. The fourth-order valence-electron chi connectivity index (χ4n) is 2.78. The Morgan fingerprint density at radius 1 is 0.800 bits per heavy atom. The van der Waals surface area contributed by atoms with Gasteiger partial charge < -0.3 is 9.47 Å². The molecule has 0 amide bonds. The number of hydrogen-bond acceptors (Lipinski definition) is 2. The van der Waals surface area contributed by atoms with Gasteiger partial charge in [-0.2, -0.15) is 0 Å². The first-order valence-corrected chi connectivity index (χ1v) is 10.4. The van der Waals surface area contributed by atoms with E-state index in [2.05, 4.69) is 38.1 Å². The fraction of sp³-hybridized carbons (Fsp3) is 0.182. The molecule has 0 saturated carbocycles. The maximum absolute atomic E-state index is 5.93. The summed E-state index contributed by atoms with van der Waals surface area (Å²) >= 11 is 0. The highest BCUT2D eigenvalue weighted by atomic mass is 28.2. The van der Waals surface area contributed by atoms with Crippen LogP contribution in [0.3, 0.4) is 0 Å². The van der Waals surface area contributed by atoms with Crippen molar-refractivity contribution in [2.45, 2.75) is 20.5 Å². The first-order valence-electron chi connectivity index (χ1n) is 8.67. The molecule has 0 aliphatic rings. The zero-order valence-electron chi connectivity index (χ0n) is 14.9. The molecule has 3 heteroatoms. The van der Waals surface area contributed by atoms with Gasteiger partial charge in [0.15, 0.2) is 0 Å². The largest absolute Gasteiger partial charge is 0.457 e. The van der Waals surface area contributed by atoms with Crippen molar-refractivity contribution in [1.82, 2.24) is 0 Å². The number of hydrogen-bond donors (Lipinski definition) is 0. The van der Waals surface area contributed by atoms with E-state index in [1.54, 1.807) is 0 Å². The lowest BCUT2D eigenvalue weighted by Gasteiger charge is -2.10. The molecular formula is C22H24O2Si. The zero-order chi connectivity index (χ0) is 17.5. The van der Waals surface area contributed by atoms with Crippen molar-refractivity contribution >= 4 is 14.7 Å². The second-order valence-electron chi connectivity index (χ2n) is 6.22. The van der Waals surface area contributed by atoms with Gasteiger partial charge in [0.2, 0.25) is 0 Å². The average Bonchev–Trinajstić information content (AvgIpc) is 2.63. The lowest BCUT2D eigenvalue weighted by molar-refractivity contribution is 0.164. The monoisotopic (exact) mass is 348 g/mol. The average molecular weight is 349 g/mol. The highest BCUT2D eigenvalue weighted by Crippen LogP contribution is 2.22. The normalized spacial score (nSPS) is 11.1. The number of rotatable bonds is 7. The Balaban J connectivity index is 1.52. The maximum Gasteiger partial charge on any atom is 0.127 e. The van der Waals surface area contributed by atoms with Crippen LogP contribution in [0.4, 0.5) is 0 Å². The van der Waals surface area contributed by atoms with Crippen molar-refractivity contribution in [2.75, 3.05) is 6.23 Å². The molecule has 3 rings (SSSR count). The van der Waals surface area contributed by atoms with Crippen molar-refractivity contribution in [1.29, 1.82) is 0 Å². The summed E-state index contributed by atoms with van der Waals surface area (Å²) in [5.41, 5.74) is 3.94. The van der Waals surface area contributed by atoms with Gasteiger partial charge in [0.1, 0.15) is 11.5 Å². The molecule has 0 heterocycles. The molecule has 0 radical (unpaired) electrons. The van der Waals surface area contributed by atoms with Crippen LogP contribution in [-0.2, 0) is 11.3 Å². The number of benzene rings is 3. The molecule has 0 N–H and O–H groups in total. The van der Waals surface area contributed by atoms with Gasteiger partial charge in [-0.15, -0.1) is 0 Å². The van der Waals surface area contributed by atoms with E-state index in [0.717, 1.165) is 23.3 Å². The van der Waals surface area contributed by atoms with Gasteiger partial charge in [-0.25, -0.2) is 0 Å². The number of aryl methyl sites for hydroxylation is 1. The van der Waals surface area contributed by atoms with Crippen LogP contribution in [0.2, 0.25) is 0 Å². The van der Waals surface area contributed by atoms with E-state index in [1.165, 1.54) is 16.3 Å². The molecule has 0 spiro atoms. The topological polar surface area (TPSA) is 18.5 Å². The van der Waals surface area contributed by atoms with E-state index < -0.39 is 0 Å². The molecule has 0 aromatic heterocycles. The Hall–Kier alpha value is -2.36. The van der Waals surface area contributed by atoms with Gasteiger partial charge in [0.05, 0.1) is 16.1 Å². The highest BCUT2D eigenvalue weighted by molar-refractivity contribution is 6.53. The molecule has 0 bridgehead atoms. The van der Waals surface area contributed by atoms with Crippen molar-refractivity contribution in [3.8, 4) is 11.5 Å². The highest BCUT2D eigenvalue weighted by Gasteiger charge is 2.03. The first kappa shape index (κ1) is 17.5. The Morgan fingerprint density at radius 3 is 2.40 bits per heavy atom. The molecule has 3 aromatic rings. The Morgan fingerprint density at radius 2 is 1.56 bits per heavy atom. The molecule has 128 valence electrons. The SMILES string of the molecule is Cc1cccc([SiH2]COCc2cccc(Oc3ccccc3)c2)c1C. The quantitative estimate of drug-likeness (QED) is 0.473. The summed E-state index contributed by atoms with van der Waals surface area (Å²) in [5, 5.41) is 1.50. The third-order valence-corrected chi connectivity index (χ3v) is 6.18. The predicted octanol–water partition coefficient (Wildman–Crippen LogP) is 4.06. The molecular weight excluding hydrogens is 324 g/mol. The Kier molecular flexibility index (Phi) is 6.04. The van der Waals surface area contributed by atoms with E-state index in [0.29, 0.717) is 6.61 Å². The van der Waals surface area contributed by atoms with Gasteiger partial charge in [-0.05, 0) is 54.8 Å². The second-order valence-corrected chi connectivity index (χ2v) is 7.89. The summed E-state index contributed by atoms with van der Waals surface area (Å²) < 4.78 is 11.8. The van der Waals surface area contributed by atoms with E-state index in [9.17, 15) is 0 Å². The fourth-order valence-corrected chi connectivity index (χ4v) is 4.24. The Bertz CT molecular complexity index is 815. The van der Waals surface area contributed by atoms with Crippen LogP contribution in [0.15, 0.2) is 72.8 Å². The first-order chi connectivity index (χ1) is 12.2. The molecule has 0 saturated heterocycles. The summed E-state index contributed by atoms with van der Waals surface area (Å²) in [7, 11) is -0.388. The molecule has 2 nitrogen and oxygen atoms in total. The van der Waals surface area contributed by atoms with Gasteiger partial charge in [0.25, 0.3) is 0 Å². The van der Waals surface area contributed by atoms with E-state index >= 15 is 0 Å². The van der Waals surface area contributed by atoms with Crippen molar-refractivity contribution < 1.29 is 9.47 Å². The molecule has 0 fully saturated rings. The number of para-hydroxylation sites is 1. The van der Waals surface area contributed by atoms with Crippen molar-refractivity contribution in [2.24, 2.45) is 0 Å². The summed E-state index contributed by atoms with van der Waals surface area (Å²) in [5.74, 6) is 1.70. The van der Waals surface area contributed by atoms with E-state index in [4.69, 9.17) is 9.47 Å². The van der Waals surface area contributed by atoms with Crippen LogP contribution in [0.25, 0.3) is 0 Å². The van der Waals surface area contributed by atoms with Crippen LogP contribution >= 0.6 is 0 Å². The van der Waals surface area contributed by atoms with Crippen LogP contribution in [0.1, 0.15) is 16.7 Å². The predicted molar refractivity (Wildman–Crippen MR) is 107 cm³/mol. The van der Waals surface area contributed by atoms with Gasteiger partial charge in [-0.1, -0.05) is 53.7 Å². The van der Waals surface area contributed by atoms with Crippen LogP contribution in [-0.4, -0.2) is 15.7 Å². The summed E-state index contributed by atoms with van der Waals surface area (Å²) in [4.78, 5) is 0. The molecule has 0 aliphatic carbocycles. The van der Waals surface area contributed by atoms with Gasteiger partial charge in [0, 0.05) is 6.23 Å². The zero-order valence-corrected chi connectivity index (χ0v) is 16.3. The second kappa shape index (κ2) is 8.65. The lowest BCUT2D eigenvalue weighted by Crippen LogP contribution is -2.23. The van der Waals surface area contributed by atoms with Crippen molar-refractivity contribution in [3.63, 3.8) is 0 Å². The molecule has 0 unspecified atom stereocenters. The smallest absolute Gasteiger partial charge is 0.127 e. The lowest BCUT2D eigenvalue weighted by atomic mass is 10.1. The van der Waals surface area contributed by atoms with Crippen LogP contribution in [0.5, 0.6) is 11.5 Å². The third kappa shape index (κ3) is 5.05. The van der Waals surface area contributed by atoms with E-state index in [1.807, 2.05) is 48.5 Å². The van der Waals surface area contributed by atoms with Gasteiger partial charge >= 0.3 is 0 Å². The van der Waals surface area contributed by atoms with Gasteiger partial charge in [-0.3, -0.25) is 0 Å². The summed E-state index contributed by atoms with van der Waals surface area (Å²) in [6.07, 6.45) is 0.855. The molecule has 0 aliphatic heterocycles. The standard InChI is InChI=1S/C22H24O2Si/c1-17-8-6-13-22(18(17)2)25-16-23-15-19-9-7-12-21(14-19)24-20-10-4-3-5-11-20/h3-14H,15-16,25H2,1-2H3. The third-order valence-electron chi connectivity index (χ3n) is 4.38.